The monoisotopic (exact) mass is 270 g/mol. The second-order valence-electron chi connectivity index (χ2n) is 5.91. The quantitative estimate of drug-likeness (QED) is 0.552. The molecule has 0 aliphatic heterocycles. The third-order valence-corrected chi connectivity index (χ3v) is 3.39. The minimum atomic E-state index is -0.0178. The third kappa shape index (κ3) is 8.87. The predicted molar refractivity (Wildman–Crippen MR) is 78.3 cm³/mol. The Morgan fingerprint density at radius 2 is 1.89 bits per heavy atom. The van der Waals surface area contributed by atoms with Crippen LogP contribution >= 0.6 is 0 Å². The van der Waals surface area contributed by atoms with Gasteiger partial charge >= 0.3 is 6.03 Å². The third-order valence-electron chi connectivity index (χ3n) is 3.39. The summed E-state index contributed by atoms with van der Waals surface area (Å²) in [4.78, 5) is 11.7. The zero-order valence-corrected chi connectivity index (χ0v) is 12.5. The summed E-state index contributed by atoms with van der Waals surface area (Å²) >= 11 is 0. The van der Waals surface area contributed by atoms with Crippen LogP contribution in [0.15, 0.2) is 0 Å². The molecule has 19 heavy (non-hydrogen) atoms. The van der Waals surface area contributed by atoms with Crippen molar-refractivity contribution < 1.29 is 9.53 Å². The summed E-state index contributed by atoms with van der Waals surface area (Å²) in [6, 6.07) is 0.357. The standard InChI is InChI=1S/C15H30N2O2/c1-13(2)12-19-11-7-10-16-15(18)17-14-8-5-3-4-6-9-14/h13-14H,3-12H2,1-2H3,(H2,16,17,18). The smallest absolute Gasteiger partial charge is 0.315 e. The molecule has 0 bridgehead atoms. The highest BCUT2D eigenvalue weighted by molar-refractivity contribution is 5.74. The van der Waals surface area contributed by atoms with E-state index in [1.807, 2.05) is 0 Å². The summed E-state index contributed by atoms with van der Waals surface area (Å²) in [7, 11) is 0. The molecule has 0 radical (unpaired) electrons. The van der Waals surface area contributed by atoms with Crippen molar-refractivity contribution in [1.82, 2.24) is 10.6 Å². The Morgan fingerprint density at radius 1 is 1.21 bits per heavy atom. The topological polar surface area (TPSA) is 50.4 Å². The van der Waals surface area contributed by atoms with Crippen molar-refractivity contribution in [2.75, 3.05) is 19.8 Å². The fourth-order valence-electron chi connectivity index (χ4n) is 2.36. The Balaban J connectivity index is 1.98. The molecule has 1 rings (SSSR count). The molecule has 0 aromatic rings. The summed E-state index contributed by atoms with van der Waals surface area (Å²) in [5.74, 6) is 0.575. The van der Waals surface area contributed by atoms with Gasteiger partial charge in [-0.15, -0.1) is 0 Å². The van der Waals surface area contributed by atoms with Gasteiger partial charge in [0.1, 0.15) is 0 Å². The maximum Gasteiger partial charge on any atom is 0.315 e. The zero-order chi connectivity index (χ0) is 13.9. The molecule has 0 aromatic heterocycles. The Bertz CT molecular complexity index is 236. The van der Waals surface area contributed by atoms with Crippen molar-refractivity contribution >= 4 is 6.03 Å². The van der Waals surface area contributed by atoms with Crippen LogP contribution in [0.25, 0.3) is 0 Å². The minimum absolute atomic E-state index is 0.0178. The Hall–Kier alpha value is -0.770. The maximum absolute atomic E-state index is 11.7. The fourth-order valence-corrected chi connectivity index (χ4v) is 2.36. The van der Waals surface area contributed by atoms with Gasteiger partial charge in [0.2, 0.25) is 0 Å². The number of amides is 2. The van der Waals surface area contributed by atoms with E-state index >= 15 is 0 Å². The first-order valence-corrected chi connectivity index (χ1v) is 7.80. The van der Waals surface area contributed by atoms with Gasteiger partial charge in [-0.1, -0.05) is 39.5 Å². The second-order valence-corrected chi connectivity index (χ2v) is 5.91. The molecule has 2 amide bonds. The molecule has 4 nitrogen and oxygen atoms in total. The van der Waals surface area contributed by atoms with E-state index in [0.717, 1.165) is 32.5 Å². The molecule has 0 saturated heterocycles. The number of urea groups is 1. The predicted octanol–water partition coefficient (Wildman–Crippen LogP) is 3.07. The van der Waals surface area contributed by atoms with Crippen LogP contribution in [0.5, 0.6) is 0 Å². The van der Waals surface area contributed by atoms with Crippen LogP contribution in [0.3, 0.4) is 0 Å². The van der Waals surface area contributed by atoms with Gasteiger partial charge in [-0.3, -0.25) is 0 Å². The van der Waals surface area contributed by atoms with Crippen LogP contribution < -0.4 is 10.6 Å². The van der Waals surface area contributed by atoms with Crippen molar-refractivity contribution in [3.63, 3.8) is 0 Å². The molecule has 1 fully saturated rings. The highest BCUT2D eigenvalue weighted by Gasteiger charge is 2.13. The van der Waals surface area contributed by atoms with Gasteiger partial charge in [0.25, 0.3) is 0 Å². The number of hydrogen-bond donors (Lipinski definition) is 2. The molecule has 0 aromatic carbocycles. The van der Waals surface area contributed by atoms with Gasteiger partial charge in [-0.25, -0.2) is 4.79 Å². The van der Waals surface area contributed by atoms with Crippen LogP contribution in [0.2, 0.25) is 0 Å². The first-order valence-electron chi connectivity index (χ1n) is 7.80. The summed E-state index contributed by atoms with van der Waals surface area (Å²) in [6.07, 6.45) is 8.25. The van der Waals surface area contributed by atoms with E-state index in [0.29, 0.717) is 18.5 Å². The van der Waals surface area contributed by atoms with Crippen molar-refractivity contribution in [2.24, 2.45) is 5.92 Å². The van der Waals surface area contributed by atoms with Gasteiger partial charge in [0, 0.05) is 25.8 Å². The number of hydrogen-bond acceptors (Lipinski definition) is 2. The lowest BCUT2D eigenvalue weighted by Crippen LogP contribution is -2.42. The molecule has 0 spiro atoms. The van der Waals surface area contributed by atoms with Gasteiger partial charge in [0.05, 0.1) is 0 Å². The second kappa shape index (κ2) is 10.1. The number of nitrogens with one attached hydrogen (secondary N) is 2. The normalized spacial score (nSPS) is 17.2. The number of carbonyl (C=O) groups excluding carboxylic acids is 1. The summed E-state index contributed by atoms with van der Waals surface area (Å²) < 4.78 is 5.47. The van der Waals surface area contributed by atoms with E-state index in [2.05, 4.69) is 24.5 Å². The lowest BCUT2D eigenvalue weighted by molar-refractivity contribution is 0.108. The highest BCUT2D eigenvalue weighted by Crippen LogP contribution is 2.16. The molecule has 0 atom stereocenters. The zero-order valence-electron chi connectivity index (χ0n) is 12.5. The molecular formula is C15H30N2O2. The van der Waals surface area contributed by atoms with Gasteiger partial charge in [-0.05, 0) is 25.2 Å². The van der Waals surface area contributed by atoms with Gasteiger partial charge in [0.15, 0.2) is 0 Å². The summed E-state index contributed by atoms with van der Waals surface area (Å²) in [6.45, 7) is 6.49. The SMILES string of the molecule is CC(C)COCCCNC(=O)NC1CCCCCC1. The van der Waals surface area contributed by atoms with Crippen molar-refractivity contribution in [3.05, 3.63) is 0 Å². The van der Waals surface area contributed by atoms with Crippen LogP contribution in [0.1, 0.15) is 58.8 Å². The molecule has 2 N–H and O–H groups in total. The Kier molecular flexibility index (Phi) is 8.63. The van der Waals surface area contributed by atoms with Gasteiger partial charge in [-0.2, -0.15) is 0 Å². The minimum Gasteiger partial charge on any atom is -0.381 e. The largest absolute Gasteiger partial charge is 0.381 e. The van der Waals surface area contributed by atoms with Crippen LogP contribution in [0.4, 0.5) is 4.79 Å². The molecule has 0 heterocycles. The van der Waals surface area contributed by atoms with Crippen LogP contribution in [0, 0.1) is 5.92 Å². The van der Waals surface area contributed by atoms with Crippen molar-refractivity contribution in [3.8, 4) is 0 Å². The van der Waals surface area contributed by atoms with Crippen molar-refractivity contribution in [1.29, 1.82) is 0 Å². The summed E-state index contributed by atoms with van der Waals surface area (Å²) in [5.41, 5.74) is 0. The molecule has 1 aliphatic rings. The van der Waals surface area contributed by atoms with Gasteiger partial charge < -0.3 is 15.4 Å². The number of carbonyl (C=O) groups is 1. The van der Waals surface area contributed by atoms with E-state index in [9.17, 15) is 4.79 Å². The van der Waals surface area contributed by atoms with Crippen LogP contribution in [-0.4, -0.2) is 31.8 Å². The average molecular weight is 270 g/mol. The first kappa shape index (κ1) is 16.3. The van der Waals surface area contributed by atoms with E-state index < -0.39 is 0 Å². The lowest BCUT2D eigenvalue weighted by atomic mass is 10.1. The fraction of sp³-hybridized carbons (Fsp3) is 0.933. The number of ether oxygens (including phenoxy) is 1. The first-order chi connectivity index (χ1) is 9.18. The molecule has 0 unspecified atom stereocenters. The lowest BCUT2D eigenvalue weighted by Gasteiger charge is -2.16. The highest BCUT2D eigenvalue weighted by atomic mass is 16.5. The van der Waals surface area contributed by atoms with E-state index in [-0.39, 0.29) is 6.03 Å². The maximum atomic E-state index is 11.7. The average Bonchev–Trinajstić information content (AvgIpc) is 2.62. The molecule has 1 aliphatic carbocycles. The Morgan fingerprint density at radius 3 is 2.53 bits per heavy atom. The van der Waals surface area contributed by atoms with E-state index in [1.165, 1.54) is 25.7 Å². The van der Waals surface area contributed by atoms with E-state index in [4.69, 9.17) is 4.74 Å². The molecule has 4 heteroatoms. The summed E-state index contributed by atoms with van der Waals surface area (Å²) in [5, 5.41) is 5.99. The molecular weight excluding hydrogens is 240 g/mol. The van der Waals surface area contributed by atoms with E-state index in [1.54, 1.807) is 0 Å². The van der Waals surface area contributed by atoms with Crippen molar-refractivity contribution in [2.45, 2.75) is 64.8 Å². The Labute approximate surface area is 117 Å². The molecule has 112 valence electrons. The number of rotatable bonds is 7. The van der Waals surface area contributed by atoms with Crippen LogP contribution in [-0.2, 0) is 4.74 Å². The molecule has 1 saturated carbocycles.